The first-order chi connectivity index (χ1) is 17.0. The number of hydrogen-bond acceptors (Lipinski definition) is 7. The van der Waals surface area contributed by atoms with Crippen LogP contribution in [0, 0.1) is 20.8 Å². The van der Waals surface area contributed by atoms with E-state index >= 15 is 0 Å². The quantitative estimate of drug-likeness (QED) is 0.408. The van der Waals surface area contributed by atoms with Gasteiger partial charge in [0.1, 0.15) is 5.02 Å². The lowest BCUT2D eigenvalue weighted by Crippen LogP contribution is -2.44. The Morgan fingerprint density at radius 2 is 1.77 bits per heavy atom. The summed E-state index contributed by atoms with van der Waals surface area (Å²) in [5.74, 6) is 2.29. The minimum Gasteiger partial charge on any atom is -0.379 e. The Morgan fingerprint density at radius 3 is 2.49 bits per heavy atom. The molecular weight excluding hydrogens is 462 g/mol. The third-order valence-corrected chi connectivity index (χ3v) is 7.53. The minimum absolute atomic E-state index is 0.437. The Balaban J connectivity index is 1.26. The van der Waals surface area contributed by atoms with E-state index in [9.17, 15) is 0 Å². The van der Waals surface area contributed by atoms with Crippen LogP contribution in [0.3, 0.4) is 0 Å². The van der Waals surface area contributed by atoms with E-state index in [1.807, 2.05) is 13.0 Å². The third kappa shape index (κ3) is 5.60. The third-order valence-electron chi connectivity index (χ3n) is 7.25. The van der Waals surface area contributed by atoms with Crippen molar-refractivity contribution in [1.82, 2.24) is 25.1 Å². The Hall–Kier alpha value is -2.68. The van der Waals surface area contributed by atoms with Gasteiger partial charge < -0.3 is 15.4 Å². The van der Waals surface area contributed by atoms with E-state index in [-0.39, 0.29) is 0 Å². The fourth-order valence-electron chi connectivity index (χ4n) is 5.35. The van der Waals surface area contributed by atoms with Gasteiger partial charge in [-0.25, -0.2) is 4.98 Å². The van der Waals surface area contributed by atoms with Crippen molar-refractivity contribution in [3.63, 3.8) is 0 Å². The molecule has 8 nitrogen and oxygen atoms in total. The first-order valence-corrected chi connectivity index (χ1v) is 12.9. The lowest BCUT2D eigenvalue weighted by atomic mass is 9.79. The van der Waals surface area contributed by atoms with Crippen LogP contribution in [0.5, 0.6) is 0 Å². The van der Waals surface area contributed by atoms with Crippen molar-refractivity contribution in [3.05, 3.63) is 51.8 Å². The molecule has 2 aromatic heterocycles. The number of ether oxygens (including phenoxy) is 1. The number of halogens is 1. The van der Waals surface area contributed by atoms with Gasteiger partial charge in [-0.15, -0.1) is 0 Å². The highest BCUT2D eigenvalue weighted by Gasteiger charge is 2.28. The largest absolute Gasteiger partial charge is 0.379 e. The summed E-state index contributed by atoms with van der Waals surface area (Å²) in [6, 6.07) is 7.18. The summed E-state index contributed by atoms with van der Waals surface area (Å²) in [5, 5.41) is 14.1. The molecule has 9 heteroatoms. The fraction of sp³-hybridized carbons (Fsp3) is 0.500. The molecule has 0 atom stereocenters. The second-order valence-corrected chi connectivity index (χ2v) is 10.2. The SMILES string of the molecule is Cc1cc(Nc2nc(Nc3cc(C)c(C4CCC(N5CCOCC5)CC4)cc3C)ncc2Cl)n[nH]1. The van der Waals surface area contributed by atoms with Gasteiger partial charge in [-0.2, -0.15) is 10.1 Å². The molecule has 0 amide bonds. The zero-order valence-electron chi connectivity index (χ0n) is 20.7. The van der Waals surface area contributed by atoms with Crippen molar-refractivity contribution in [2.75, 3.05) is 36.9 Å². The molecule has 2 fully saturated rings. The number of hydrogen-bond donors (Lipinski definition) is 3. The van der Waals surface area contributed by atoms with Gasteiger partial charge in [0.15, 0.2) is 11.6 Å². The highest BCUT2D eigenvalue weighted by molar-refractivity contribution is 6.32. The fourth-order valence-corrected chi connectivity index (χ4v) is 5.48. The van der Waals surface area contributed by atoms with Gasteiger partial charge in [0, 0.05) is 36.6 Å². The molecule has 186 valence electrons. The lowest BCUT2D eigenvalue weighted by Gasteiger charge is -2.39. The van der Waals surface area contributed by atoms with Crippen LogP contribution in [0.2, 0.25) is 5.02 Å². The molecule has 1 aromatic carbocycles. The van der Waals surface area contributed by atoms with Gasteiger partial charge >= 0.3 is 0 Å². The molecule has 1 saturated carbocycles. The van der Waals surface area contributed by atoms with Gasteiger partial charge in [-0.3, -0.25) is 10.00 Å². The molecule has 0 spiro atoms. The number of aryl methyl sites for hydroxylation is 3. The number of H-pyrrole nitrogens is 1. The first kappa shape index (κ1) is 24.0. The van der Waals surface area contributed by atoms with E-state index < -0.39 is 0 Å². The van der Waals surface area contributed by atoms with Gasteiger partial charge in [0.05, 0.1) is 19.4 Å². The van der Waals surface area contributed by atoms with Crippen LogP contribution >= 0.6 is 11.6 Å². The maximum absolute atomic E-state index is 6.32. The van der Waals surface area contributed by atoms with Gasteiger partial charge in [0.2, 0.25) is 5.95 Å². The Bertz CT molecular complexity index is 1170. The number of nitrogens with one attached hydrogen (secondary N) is 3. The molecule has 1 saturated heterocycles. The van der Waals surface area contributed by atoms with E-state index in [2.05, 4.69) is 61.7 Å². The Morgan fingerprint density at radius 1 is 1.00 bits per heavy atom. The molecule has 35 heavy (non-hydrogen) atoms. The summed E-state index contributed by atoms with van der Waals surface area (Å²) in [4.78, 5) is 11.6. The van der Waals surface area contributed by atoms with Crippen molar-refractivity contribution in [1.29, 1.82) is 0 Å². The van der Waals surface area contributed by atoms with E-state index in [1.165, 1.54) is 42.4 Å². The highest BCUT2D eigenvalue weighted by Crippen LogP contribution is 2.38. The summed E-state index contributed by atoms with van der Waals surface area (Å²) in [6.45, 7) is 10.2. The predicted molar refractivity (Wildman–Crippen MR) is 140 cm³/mol. The van der Waals surface area contributed by atoms with Crippen LogP contribution in [0.15, 0.2) is 24.4 Å². The average Bonchev–Trinajstić information content (AvgIpc) is 3.28. The number of nitrogens with zero attached hydrogens (tertiary/aromatic N) is 4. The zero-order valence-corrected chi connectivity index (χ0v) is 21.5. The van der Waals surface area contributed by atoms with Gasteiger partial charge in [-0.05, 0) is 75.1 Å². The lowest BCUT2D eigenvalue weighted by molar-refractivity contribution is 0.00728. The van der Waals surface area contributed by atoms with E-state index in [4.69, 9.17) is 16.3 Å². The van der Waals surface area contributed by atoms with Crippen LogP contribution in [0.4, 0.5) is 23.3 Å². The topological polar surface area (TPSA) is 91.0 Å². The molecule has 3 aromatic rings. The monoisotopic (exact) mass is 495 g/mol. The number of benzene rings is 1. The second-order valence-electron chi connectivity index (χ2n) is 9.75. The molecule has 0 unspecified atom stereocenters. The summed E-state index contributed by atoms with van der Waals surface area (Å²) < 4.78 is 5.53. The van der Waals surface area contributed by atoms with Crippen LogP contribution in [0.25, 0.3) is 0 Å². The maximum atomic E-state index is 6.32. The van der Waals surface area contributed by atoms with E-state index in [0.717, 1.165) is 37.7 Å². The van der Waals surface area contributed by atoms with Crippen molar-refractivity contribution in [2.24, 2.45) is 0 Å². The molecule has 0 radical (unpaired) electrons. The standard InChI is InChI=1S/C26H34ClN7O/c1-16-13-23(29-26-28-15-22(27)25(31-26)30-24-14-18(3)32-33-24)17(2)12-21(16)19-4-6-20(7-5-19)34-8-10-35-11-9-34/h12-15,19-20H,4-11H2,1-3H3,(H3,28,29,30,31,32,33). The number of aromatic nitrogens is 4. The Labute approximate surface area is 211 Å². The second kappa shape index (κ2) is 10.5. The average molecular weight is 496 g/mol. The molecule has 1 aliphatic heterocycles. The molecule has 1 aliphatic carbocycles. The number of anilines is 4. The van der Waals surface area contributed by atoms with E-state index in [1.54, 1.807) is 6.20 Å². The number of aromatic amines is 1. The Kier molecular flexibility index (Phi) is 7.22. The minimum atomic E-state index is 0.437. The van der Waals surface area contributed by atoms with Crippen LogP contribution in [-0.4, -0.2) is 57.4 Å². The van der Waals surface area contributed by atoms with Crippen LogP contribution in [0.1, 0.15) is 54.0 Å². The normalized spacial score (nSPS) is 21.1. The van der Waals surface area contributed by atoms with Crippen molar-refractivity contribution in [2.45, 2.75) is 58.4 Å². The number of morpholine rings is 1. The number of rotatable bonds is 6. The summed E-state index contributed by atoms with van der Waals surface area (Å²) >= 11 is 6.32. The predicted octanol–water partition coefficient (Wildman–Crippen LogP) is 5.62. The van der Waals surface area contributed by atoms with Gasteiger partial charge in [-0.1, -0.05) is 17.7 Å². The molecule has 2 aliphatic rings. The highest BCUT2D eigenvalue weighted by atomic mass is 35.5. The molecule has 5 rings (SSSR count). The zero-order chi connectivity index (χ0) is 24.4. The van der Waals surface area contributed by atoms with Crippen LogP contribution in [-0.2, 0) is 4.74 Å². The summed E-state index contributed by atoms with van der Waals surface area (Å²) in [6.07, 6.45) is 6.64. The van der Waals surface area contributed by atoms with Gasteiger partial charge in [0.25, 0.3) is 0 Å². The van der Waals surface area contributed by atoms with Crippen molar-refractivity contribution >= 4 is 34.9 Å². The smallest absolute Gasteiger partial charge is 0.229 e. The molecule has 3 N–H and O–H groups in total. The summed E-state index contributed by atoms with van der Waals surface area (Å²) in [5.41, 5.74) is 5.94. The maximum Gasteiger partial charge on any atom is 0.229 e. The van der Waals surface area contributed by atoms with Crippen molar-refractivity contribution < 1.29 is 4.74 Å². The molecule has 3 heterocycles. The first-order valence-electron chi connectivity index (χ1n) is 12.5. The van der Waals surface area contributed by atoms with E-state index in [0.29, 0.717) is 34.6 Å². The summed E-state index contributed by atoms with van der Waals surface area (Å²) in [7, 11) is 0. The molecular formula is C26H34ClN7O. The van der Waals surface area contributed by atoms with Crippen LogP contribution < -0.4 is 10.6 Å². The molecule has 0 bridgehead atoms. The van der Waals surface area contributed by atoms with Crippen molar-refractivity contribution in [3.8, 4) is 0 Å².